The maximum Gasteiger partial charge on any atom is 0.255 e. The lowest BCUT2D eigenvalue weighted by Crippen LogP contribution is -2.55. The number of fused-ring (bicyclic) bond motifs is 3. The zero-order chi connectivity index (χ0) is 30.6. The Morgan fingerprint density at radius 3 is 2.26 bits per heavy atom. The van der Waals surface area contributed by atoms with Gasteiger partial charge in [0, 0.05) is 30.9 Å². The summed E-state index contributed by atoms with van der Waals surface area (Å²) in [5.41, 5.74) is 9.16. The van der Waals surface area contributed by atoms with Crippen LogP contribution in [0, 0.1) is 17.8 Å². The number of ketones is 2. The molecule has 3 aliphatic rings. The highest BCUT2D eigenvalue weighted by Crippen LogP contribution is 2.53. The molecule has 3 aliphatic carbocycles. The molecule has 0 bridgehead atoms. The van der Waals surface area contributed by atoms with Crippen LogP contribution in [0.3, 0.4) is 0 Å². The van der Waals surface area contributed by atoms with Gasteiger partial charge < -0.3 is 26.0 Å². The van der Waals surface area contributed by atoms with E-state index in [0.717, 1.165) is 30.5 Å². The number of Topliss-reactive ketones (excluding diaryl/α,β-unsaturated/α-hetero) is 2. The van der Waals surface area contributed by atoms with Crippen molar-refractivity contribution in [2.24, 2.45) is 23.5 Å². The van der Waals surface area contributed by atoms with E-state index in [4.69, 9.17) is 5.73 Å². The number of allylic oxidation sites excluding steroid dienone is 1. The minimum atomic E-state index is -1.28. The van der Waals surface area contributed by atoms with Crippen LogP contribution in [0.2, 0.25) is 0 Å². The summed E-state index contributed by atoms with van der Waals surface area (Å²) in [6.07, 6.45) is 3.81. The Labute approximate surface area is 245 Å². The normalized spacial score (nSPS) is 23.6. The number of aliphatic hydroxyl groups excluding tert-OH is 2. The van der Waals surface area contributed by atoms with E-state index < -0.39 is 52.6 Å². The van der Waals surface area contributed by atoms with Crippen LogP contribution in [0.1, 0.15) is 42.9 Å². The molecule has 1 unspecified atom stereocenters. The standard InChI is InChI=1S/C33H39N3O6/c1-6-7-8-16-9-11-17(12-10-16)19-15-22(35(2)3)20-13-18-14-21-25(30(39)23(18)29(38)24(20)28(19)37)31(40)26(33(34)42)32(41)27(21)36(4)5/h9-12,15,18,21,25,27,37-38,41H,6-8,13-14H2,1-5H3,(H2,34,42)/t18-,21+,25?,27-/m0/s1. The number of phenolic OH excluding ortho intramolecular Hbond substituents is 1. The number of aryl methyl sites for hydroxylation is 1. The van der Waals surface area contributed by atoms with Crippen molar-refractivity contribution in [3.63, 3.8) is 0 Å². The van der Waals surface area contributed by atoms with Gasteiger partial charge in [-0.25, -0.2) is 0 Å². The largest absolute Gasteiger partial charge is 0.510 e. The number of anilines is 1. The molecule has 222 valence electrons. The highest BCUT2D eigenvalue weighted by molar-refractivity contribution is 6.28. The molecular weight excluding hydrogens is 534 g/mol. The summed E-state index contributed by atoms with van der Waals surface area (Å²) in [6, 6.07) is 9.10. The average Bonchev–Trinajstić information content (AvgIpc) is 2.91. The van der Waals surface area contributed by atoms with Gasteiger partial charge in [-0.2, -0.15) is 0 Å². The number of carbonyl (C=O) groups is 3. The third-order valence-electron chi connectivity index (χ3n) is 9.11. The van der Waals surface area contributed by atoms with Crippen LogP contribution in [0.15, 0.2) is 47.2 Å². The zero-order valence-electron chi connectivity index (χ0n) is 24.8. The molecule has 0 heterocycles. The fourth-order valence-electron chi connectivity index (χ4n) is 7.16. The van der Waals surface area contributed by atoms with E-state index in [0.29, 0.717) is 24.0 Å². The molecule has 4 atom stereocenters. The minimum Gasteiger partial charge on any atom is -0.510 e. The highest BCUT2D eigenvalue weighted by atomic mass is 16.3. The van der Waals surface area contributed by atoms with Crippen molar-refractivity contribution in [3.8, 4) is 16.9 Å². The molecule has 1 fully saturated rings. The van der Waals surface area contributed by atoms with Gasteiger partial charge in [-0.3, -0.25) is 19.3 Å². The SMILES string of the molecule is CCCCc1ccc(-c2cc(N(C)C)c3c(c2O)C(O)=C2C(=O)C4C(=O)C(C(N)=O)=C(O)[C@@H](N(C)C)[C@@H]4C[C@@H]2C3)cc1. The molecule has 1 amide bonds. The number of hydrogen-bond acceptors (Lipinski definition) is 8. The number of likely N-dealkylation sites (N-methyl/N-ethyl adjacent to an activating group) is 1. The van der Waals surface area contributed by atoms with E-state index in [-0.39, 0.29) is 22.6 Å². The second-order valence-corrected chi connectivity index (χ2v) is 12.1. The molecule has 1 saturated carbocycles. The predicted octanol–water partition coefficient (Wildman–Crippen LogP) is 3.92. The van der Waals surface area contributed by atoms with E-state index in [1.807, 2.05) is 49.3 Å². The van der Waals surface area contributed by atoms with Crippen molar-refractivity contribution in [3.05, 3.63) is 63.9 Å². The molecule has 0 radical (unpaired) electrons. The van der Waals surface area contributed by atoms with Crippen molar-refractivity contribution in [1.82, 2.24) is 4.90 Å². The van der Waals surface area contributed by atoms with E-state index in [1.54, 1.807) is 19.0 Å². The predicted molar refractivity (Wildman–Crippen MR) is 161 cm³/mol. The van der Waals surface area contributed by atoms with Crippen LogP contribution < -0.4 is 10.6 Å². The first kappa shape index (κ1) is 29.4. The van der Waals surface area contributed by atoms with Crippen LogP contribution in [-0.2, 0) is 27.2 Å². The van der Waals surface area contributed by atoms with Crippen LogP contribution in [0.25, 0.3) is 16.9 Å². The second-order valence-electron chi connectivity index (χ2n) is 12.1. The Morgan fingerprint density at radius 2 is 1.69 bits per heavy atom. The van der Waals surface area contributed by atoms with Gasteiger partial charge in [0.2, 0.25) is 0 Å². The molecule has 0 aromatic heterocycles. The van der Waals surface area contributed by atoms with Gasteiger partial charge in [0.15, 0.2) is 11.6 Å². The third-order valence-corrected chi connectivity index (χ3v) is 9.11. The molecule has 5 N–H and O–H groups in total. The van der Waals surface area contributed by atoms with Crippen LogP contribution >= 0.6 is 0 Å². The van der Waals surface area contributed by atoms with Crippen molar-refractivity contribution in [2.45, 2.75) is 45.1 Å². The number of benzene rings is 2. The first-order chi connectivity index (χ1) is 19.9. The molecule has 9 nitrogen and oxygen atoms in total. The Kier molecular flexibility index (Phi) is 7.66. The monoisotopic (exact) mass is 573 g/mol. The number of amides is 1. The van der Waals surface area contributed by atoms with Gasteiger partial charge in [0.05, 0.1) is 17.5 Å². The molecule has 0 aliphatic heterocycles. The lowest BCUT2D eigenvalue weighted by atomic mass is 9.59. The van der Waals surface area contributed by atoms with Crippen LogP contribution in [0.5, 0.6) is 5.75 Å². The molecule has 2 aromatic carbocycles. The van der Waals surface area contributed by atoms with Gasteiger partial charge in [-0.15, -0.1) is 0 Å². The average molecular weight is 574 g/mol. The number of hydrogen-bond donors (Lipinski definition) is 4. The maximum atomic E-state index is 14.1. The van der Waals surface area contributed by atoms with Gasteiger partial charge in [0.25, 0.3) is 5.91 Å². The van der Waals surface area contributed by atoms with E-state index in [2.05, 4.69) is 6.92 Å². The summed E-state index contributed by atoms with van der Waals surface area (Å²) in [5.74, 6) is -5.77. The van der Waals surface area contributed by atoms with Crippen LogP contribution in [0.4, 0.5) is 5.69 Å². The first-order valence-corrected chi connectivity index (χ1v) is 14.5. The lowest BCUT2D eigenvalue weighted by molar-refractivity contribution is -0.136. The van der Waals surface area contributed by atoms with E-state index >= 15 is 0 Å². The number of phenols is 1. The fourth-order valence-corrected chi connectivity index (χ4v) is 7.16. The summed E-state index contributed by atoms with van der Waals surface area (Å²) in [7, 11) is 7.18. The Morgan fingerprint density at radius 1 is 1.02 bits per heavy atom. The minimum absolute atomic E-state index is 0.0758. The Hall–Kier alpha value is -4.11. The van der Waals surface area contributed by atoms with Gasteiger partial charge in [0.1, 0.15) is 22.8 Å². The summed E-state index contributed by atoms with van der Waals surface area (Å²) in [4.78, 5) is 43.3. The topological polar surface area (TPSA) is 144 Å². The number of unbranched alkanes of at least 4 members (excludes halogenated alkanes) is 1. The zero-order valence-corrected chi connectivity index (χ0v) is 24.8. The molecule has 0 spiro atoms. The Bertz CT molecular complexity index is 1540. The quantitative estimate of drug-likeness (QED) is 0.288. The smallest absolute Gasteiger partial charge is 0.255 e. The Balaban J connectivity index is 1.66. The summed E-state index contributed by atoms with van der Waals surface area (Å²) in [6.45, 7) is 2.15. The number of primary amides is 1. The number of nitrogens with two attached hydrogens (primary N) is 1. The second kappa shape index (κ2) is 10.9. The van der Waals surface area contributed by atoms with Gasteiger partial charge in [-0.05, 0) is 74.4 Å². The summed E-state index contributed by atoms with van der Waals surface area (Å²) >= 11 is 0. The van der Waals surface area contributed by atoms with Gasteiger partial charge >= 0.3 is 0 Å². The molecule has 0 saturated heterocycles. The van der Waals surface area contributed by atoms with Crippen molar-refractivity contribution < 1.29 is 29.7 Å². The maximum absolute atomic E-state index is 14.1. The number of carbonyl (C=O) groups excluding carboxylic acids is 3. The van der Waals surface area contributed by atoms with Crippen LogP contribution in [-0.4, -0.2) is 71.9 Å². The van der Waals surface area contributed by atoms with Crippen molar-refractivity contribution in [2.75, 3.05) is 33.1 Å². The molecule has 2 aromatic rings. The van der Waals surface area contributed by atoms with E-state index in [9.17, 15) is 29.7 Å². The molecule has 5 rings (SSSR count). The number of aliphatic hydroxyl groups is 2. The van der Waals surface area contributed by atoms with Gasteiger partial charge in [-0.1, -0.05) is 37.6 Å². The molecular formula is C33H39N3O6. The highest BCUT2D eigenvalue weighted by Gasteiger charge is 2.56. The molecule has 9 heteroatoms. The number of nitrogens with zero attached hydrogens (tertiary/aromatic N) is 2. The number of rotatable bonds is 7. The summed E-state index contributed by atoms with van der Waals surface area (Å²) < 4.78 is 0. The van der Waals surface area contributed by atoms with Crippen molar-refractivity contribution >= 4 is 28.9 Å². The number of aromatic hydroxyl groups is 1. The van der Waals surface area contributed by atoms with Crippen molar-refractivity contribution in [1.29, 1.82) is 0 Å². The lowest BCUT2D eigenvalue weighted by Gasteiger charge is -2.46. The third kappa shape index (κ3) is 4.56. The molecule has 42 heavy (non-hydrogen) atoms. The fraction of sp³-hybridized carbons (Fsp3) is 0.424. The van der Waals surface area contributed by atoms with E-state index in [1.165, 1.54) is 5.56 Å². The first-order valence-electron chi connectivity index (χ1n) is 14.5. The summed E-state index contributed by atoms with van der Waals surface area (Å²) in [5, 5.41) is 34.2.